The molecule has 0 fully saturated rings. The highest BCUT2D eigenvalue weighted by Crippen LogP contribution is 2.27. The Balaban J connectivity index is 2.21. The van der Waals surface area contributed by atoms with E-state index in [4.69, 9.17) is 11.6 Å². The topological polar surface area (TPSA) is 29.1 Å². The number of unbranched alkanes of at least 4 members (excludes halogenated alkanes) is 3. The Morgan fingerprint density at radius 3 is 2.71 bits per heavy atom. The maximum absolute atomic E-state index is 11.8. The van der Waals surface area contributed by atoms with Gasteiger partial charge in [-0.1, -0.05) is 12.8 Å². The molecule has 0 spiro atoms. The number of carbonyl (C=O) groups excluding carboxylic acids is 1. The molecule has 1 aromatic heterocycles. The van der Waals surface area contributed by atoms with Crippen LogP contribution in [0.25, 0.3) is 0 Å². The van der Waals surface area contributed by atoms with Crippen molar-refractivity contribution in [2.24, 2.45) is 0 Å². The molecule has 1 heterocycles. The van der Waals surface area contributed by atoms with Crippen molar-refractivity contribution in [3.05, 3.63) is 20.3 Å². The highest BCUT2D eigenvalue weighted by molar-refractivity contribution is 9.11. The standard InChI is InChI=1S/C12H17BrClNOS/c1-9-8-10(17-11(9)13)12(16)15-7-5-3-2-4-6-14/h8H,2-7H2,1H3,(H,15,16). The molecule has 5 heteroatoms. The lowest BCUT2D eigenvalue weighted by molar-refractivity contribution is 0.0957. The fourth-order valence-electron chi connectivity index (χ4n) is 1.43. The molecule has 0 unspecified atom stereocenters. The van der Waals surface area contributed by atoms with Gasteiger partial charge in [0.25, 0.3) is 5.91 Å². The summed E-state index contributed by atoms with van der Waals surface area (Å²) in [5.41, 5.74) is 1.11. The van der Waals surface area contributed by atoms with Crippen molar-refractivity contribution in [3.63, 3.8) is 0 Å². The molecule has 0 saturated carbocycles. The molecule has 0 atom stereocenters. The fraction of sp³-hybridized carbons (Fsp3) is 0.583. The molecule has 1 rings (SSSR count). The van der Waals surface area contributed by atoms with Gasteiger partial charge in [-0.15, -0.1) is 22.9 Å². The van der Waals surface area contributed by atoms with Crippen molar-refractivity contribution in [1.82, 2.24) is 5.32 Å². The summed E-state index contributed by atoms with van der Waals surface area (Å²) in [6, 6.07) is 1.91. The average molecular weight is 339 g/mol. The van der Waals surface area contributed by atoms with Crippen LogP contribution < -0.4 is 5.32 Å². The summed E-state index contributed by atoms with van der Waals surface area (Å²) in [7, 11) is 0. The second kappa shape index (κ2) is 8.11. The highest BCUT2D eigenvalue weighted by Gasteiger charge is 2.10. The van der Waals surface area contributed by atoms with Gasteiger partial charge in [-0.25, -0.2) is 0 Å². The first-order valence-electron chi connectivity index (χ1n) is 5.75. The van der Waals surface area contributed by atoms with Gasteiger partial charge in [0.1, 0.15) is 0 Å². The molecule has 0 aliphatic carbocycles. The van der Waals surface area contributed by atoms with Gasteiger partial charge in [-0.3, -0.25) is 4.79 Å². The van der Waals surface area contributed by atoms with E-state index in [1.165, 1.54) is 11.3 Å². The molecular formula is C12H17BrClNOS. The molecule has 2 nitrogen and oxygen atoms in total. The van der Waals surface area contributed by atoms with Gasteiger partial charge in [0.15, 0.2) is 0 Å². The van der Waals surface area contributed by atoms with Crippen LogP contribution in [0.3, 0.4) is 0 Å². The van der Waals surface area contributed by atoms with Gasteiger partial charge < -0.3 is 5.32 Å². The fourth-order valence-corrected chi connectivity index (χ4v) is 3.07. The molecule has 0 aliphatic heterocycles. The van der Waals surface area contributed by atoms with Gasteiger partial charge in [0.2, 0.25) is 0 Å². The minimum Gasteiger partial charge on any atom is -0.351 e. The van der Waals surface area contributed by atoms with Gasteiger partial charge in [-0.05, 0) is 47.3 Å². The summed E-state index contributed by atoms with van der Waals surface area (Å²) in [6.07, 6.45) is 4.35. The van der Waals surface area contributed by atoms with Crippen molar-refractivity contribution in [2.75, 3.05) is 12.4 Å². The lowest BCUT2D eigenvalue weighted by atomic mass is 10.2. The van der Waals surface area contributed by atoms with E-state index in [1.807, 2.05) is 13.0 Å². The Morgan fingerprint density at radius 1 is 1.41 bits per heavy atom. The summed E-state index contributed by atoms with van der Waals surface area (Å²) in [5, 5.41) is 2.93. The smallest absolute Gasteiger partial charge is 0.261 e. The molecule has 96 valence electrons. The molecule has 0 aromatic carbocycles. The number of thiophene rings is 1. The summed E-state index contributed by atoms with van der Waals surface area (Å²) >= 11 is 10.5. The third-order valence-electron chi connectivity index (χ3n) is 2.43. The SMILES string of the molecule is Cc1cc(C(=O)NCCCCCCCl)sc1Br. The second-order valence-corrected chi connectivity index (χ2v) is 6.67. The number of aryl methyl sites for hydroxylation is 1. The van der Waals surface area contributed by atoms with Crippen LogP contribution in [0.15, 0.2) is 9.85 Å². The van der Waals surface area contributed by atoms with E-state index in [0.29, 0.717) is 0 Å². The third-order valence-corrected chi connectivity index (χ3v) is 4.83. The molecule has 17 heavy (non-hydrogen) atoms. The third kappa shape index (κ3) is 5.40. The van der Waals surface area contributed by atoms with Gasteiger partial charge in [0, 0.05) is 12.4 Å². The Kier molecular flexibility index (Phi) is 7.16. The van der Waals surface area contributed by atoms with E-state index in [1.54, 1.807) is 0 Å². The van der Waals surface area contributed by atoms with Crippen LogP contribution in [0.2, 0.25) is 0 Å². The molecule has 0 aliphatic rings. The summed E-state index contributed by atoms with van der Waals surface area (Å²) < 4.78 is 1.03. The zero-order chi connectivity index (χ0) is 12.7. The largest absolute Gasteiger partial charge is 0.351 e. The summed E-state index contributed by atoms with van der Waals surface area (Å²) in [6.45, 7) is 2.74. The first-order chi connectivity index (χ1) is 8.15. The second-order valence-electron chi connectivity index (χ2n) is 3.93. The molecule has 1 amide bonds. The number of halogens is 2. The van der Waals surface area contributed by atoms with E-state index < -0.39 is 0 Å². The van der Waals surface area contributed by atoms with Crippen molar-refractivity contribution < 1.29 is 4.79 Å². The Morgan fingerprint density at radius 2 is 2.12 bits per heavy atom. The predicted molar refractivity (Wildman–Crippen MR) is 78.3 cm³/mol. The van der Waals surface area contributed by atoms with Crippen molar-refractivity contribution in [1.29, 1.82) is 0 Å². The van der Waals surface area contributed by atoms with E-state index in [-0.39, 0.29) is 5.91 Å². The first-order valence-corrected chi connectivity index (χ1v) is 7.89. The molecule has 1 N–H and O–H groups in total. The number of nitrogens with one attached hydrogen (secondary N) is 1. The maximum Gasteiger partial charge on any atom is 0.261 e. The van der Waals surface area contributed by atoms with Crippen molar-refractivity contribution in [2.45, 2.75) is 32.6 Å². The minimum absolute atomic E-state index is 0.0288. The van der Waals surface area contributed by atoms with Gasteiger partial charge in [0.05, 0.1) is 8.66 Å². The lowest BCUT2D eigenvalue weighted by Crippen LogP contribution is -2.23. The number of rotatable bonds is 7. The zero-order valence-corrected chi connectivity index (χ0v) is 13.1. The van der Waals surface area contributed by atoms with Crippen LogP contribution in [-0.4, -0.2) is 18.3 Å². The van der Waals surface area contributed by atoms with E-state index in [9.17, 15) is 4.79 Å². The molecular weight excluding hydrogens is 322 g/mol. The van der Waals surface area contributed by atoms with Crippen LogP contribution in [-0.2, 0) is 0 Å². The van der Waals surface area contributed by atoms with Crippen LogP contribution in [0, 0.1) is 6.92 Å². The Bertz CT molecular complexity index is 348. The Hall–Kier alpha value is -0.0600. The number of carbonyl (C=O) groups is 1. The number of hydrogen-bond donors (Lipinski definition) is 1. The summed E-state index contributed by atoms with van der Waals surface area (Å²) in [4.78, 5) is 12.5. The maximum atomic E-state index is 11.8. The van der Waals surface area contributed by atoms with E-state index >= 15 is 0 Å². The van der Waals surface area contributed by atoms with Crippen molar-refractivity contribution >= 4 is 44.8 Å². The Labute approximate surface area is 120 Å². The number of alkyl halides is 1. The molecule has 0 radical (unpaired) electrons. The monoisotopic (exact) mass is 337 g/mol. The van der Waals surface area contributed by atoms with Crippen LogP contribution in [0.5, 0.6) is 0 Å². The average Bonchev–Trinajstić information content (AvgIpc) is 2.64. The van der Waals surface area contributed by atoms with E-state index in [0.717, 1.165) is 52.3 Å². The van der Waals surface area contributed by atoms with Crippen LogP contribution in [0.1, 0.15) is 40.9 Å². The minimum atomic E-state index is 0.0288. The molecule has 1 aromatic rings. The van der Waals surface area contributed by atoms with Crippen molar-refractivity contribution in [3.8, 4) is 0 Å². The predicted octanol–water partition coefficient (Wildman–Crippen LogP) is 4.35. The lowest BCUT2D eigenvalue weighted by Gasteiger charge is -2.02. The highest BCUT2D eigenvalue weighted by atomic mass is 79.9. The van der Waals surface area contributed by atoms with Crippen LogP contribution in [0.4, 0.5) is 0 Å². The quantitative estimate of drug-likeness (QED) is 0.581. The molecule has 0 saturated heterocycles. The van der Waals surface area contributed by atoms with Crippen LogP contribution >= 0.6 is 38.9 Å². The van der Waals surface area contributed by atoms with Gasteiger partial charge in [-0.2, -0.15) is 0 Å². The summed E-state index contributed by atoms with van der Waals surface area (Å²) in [5.74, 6) is 0.760. The number of amides is 1. The normalized spacial score (nSPS) is 10.5. The van der Waals surface area contributed by atoms with E-state index in [2.05, 4.69) is 21.2 Å². The number of hydrogen-bond acceptors (Lipinski definition) is 2. The zero-order valence-electron chi connectivity index (χ0n) is 9.89. The first kappa shape index (κ1) is 15.0. The molecule has 0 bridgehead atoms. The van der Waals surface area contributed by atoms with Gasteiger partial charge >= 0.3 is 0 Å².